The van der Waals surface area contributed by atoms with Gasteiger partial charge < -0.3 is 43.9 Å². The average Bonchev–Trinajstić information content (AvgIpc) is 4.50. The van der Waals surface area contributed by atoms with Crippen LogP contribution < -0.4 is 29.3 Å². The molecule has 0 saturated heterocycles. The predicted molar refractivity (Wildman–Crippen MR) is 333 cm³/mol. The van der Waals surface area contributed by atoms with Crippen molar-refractivity contribution in [3.63, 3.8) is 0 Å². The Morgan fingerprint density at radius 3 is 1.36 bits per heavy atom. The Balaban J connectivity index is 0.000000140. The lowest BCUT2D eigenvalue weighted by Crippen LogP contribution is -2.19. The molecule has 6 aromatic rings. The predicted octanol–water partition coefficient (Wildman–Crippen LogP) is 14.9. The molecule has 3 aromatic heterocycles. The van der Waals surface area contributed by atoms with Crippen LogP contribution >= 0.6 is 15.9 Å². The number of rotatable bonds is 14. The number of hydrogen-bond acceptors (Lipinski definition) is 14. The molecule has 6 aliphatic rings. The largest absolute Gasteiger partial charge is 0.492 e. The van der Waals surface area contributed by atoms with E-state index >= 15 is 0 Å². The molecule has 0 unspecified atom stereocenters. The number of halogens is 1. The summed E-state index contributed by atoms with van der Waals surface area (Å²) in [6, 6.07) is 22.7. The number of esters is 2. The molecular formula is C68H83BrN6O9. The van der Waals surface area contributed by atoms with Gasteiger partial charge in [0.25, 0.3) is 0 Å². The normalized spacial score (nSPS) is 21.0. The molecule has 0 amide bonds. The third-order valence-corrected chi connectivity index (χ3v) is 17.9. The average molecular weight is 1210 g/mol. The van der Waals surface area contributed by atoms with E-state index in [2.05, 4.69) is 77.6 Å². The number of carbonyl (C=O) groups excluding carboxylic acids is 2. The second-order valence-corrected chi connectivity index (χ2v) is 24.7. The molecule has 3 aliphatic heterocycles. The van der Waals surface area contributed by atoms with Crippen LogP contribution in [-0.2, 0) is 28.7 Å². The van der Waals surface area contributed by atoms with Gasteiger partial charge in [0.1, 0.15) is 17.2 Å². The van der Waals surface area contributed by atoms with Crippen molar-refractivity contribution in [2.45, 2.75) is 117 Å². The first-order chi connectivity index (χ1) is 40.8. The van der Waals surface area contributed by atoms with Crippen LogP contribution in [0.4, 0.5) is 28.4 Å². The Morgan fingerprint density at radius 1 is 0.512 bits per heavy atom. The number of carbonyl (C=O) groups is 3. The molecule has 0 radical (unpaired) electrons. The summed E-state index contributed by atoms with van der Waals surface area (Å²) in [5, 5.41) is 12.4. The summed E-state index contributed by atoms with van der Waals surface area (Å²) in [7, 11) is 2.81. The summed E-state index contributed by atoms with van der Waals surface area (Å²) in [4.78, 5) is 51.4. The number of fused-ring (bicyclic) bond motifs is 3. The first kappa shape index (κ1) is 61.4. The number of carboxylic acids is 1. The molecule has 2 N–H and O–H groups in total. The molecule has 16 heteroatoms. The molecule has 3 aromatic carbocycles. The van der Waals surface area contributed by atoms with E-state index in [1.807, 2.05) is 60.9 Å². The van der Waals surface area contributed by atoms with Crippen molar-refractivity contribution in [1.82, 2.24) is 15.0 Å². The lowest BCUT2D eigenvalue weighted by Gasteiger charge is -2.26. The van der Waals surface area contributed by atoms with Crippen molar-refractivity contribution in [2.75, 3.05) is 68.8 Å². The van der Waals surface area contributed by atoms with Crippen LogP contribution in [0, 0.1) is 35.5 Å². The number of nitrogens with one attached hydrogen (secondary N) is 1. The Hall–Kier alpha value is -7.20. The van der Waals surface area contributed by atoms with Crippen LogP contribution in [0.1, 0.15) is 146 Å². The third kappa shape index (κ3) is 17.0. The summed E-state index contributed by atoms with van der Waals surface area (Å²) in [6.07, 6.45) is 29.1. The zero-order chi connectivity index (χ0) is 59.0. The van der Waals surface area contributed by atoms with E-state index in [0.717, 1.165) is 144 Å². The van der Waals surface area contributed by atoms with Gasteiger partial charge in [-0.15, -0.1) is 0 Å². The molecule has 6 heterocycles. The standard InChI is InChI=1S/C23H28N2O3.C22H26N2O3.C13H18BrNO.C10H11NO2/c1-16-3-5-17(6-4-16)15-28-21-12-20(13-24-14-21)25-10-9-18-11-19(23(26)27-2)7-8-22(18)25;1-15-2-4-16(5-3-15)14-27-20-11-19(12-23-13-20)24-9-8-17-10-18(22(25)26)6-7-21(17)24;1-10-2-4-11(5-3-10)9-16-13-6-12(14)7-15-8-13;1-13-10(12)8-2-3-9-7(6-8)4-5-11-9/h7-8,11-14,16-17H,3-6,9-10,15H2,1-2H3;6-7,10-13,15-16H,2-5,8-9,14H2,1H3,(H,25,26);6-8,10-11H,2-5,9H2,1H3;2-3,6,11H,4-5H2,1H3. The van der Waals surface area contributed by atoms with Crippen LogP contribution in [0.15, 0.2) is 114 Å². The number of nitrogens with zero attached hydrogens (tertiary/aromatic N) is 5. The number of benzene rings is 3. The summed E-state index contributed by atoms with van der Waals surface area (Å²) < 4.78 is 28.3. The first-order valence-corrected chi connectivity index (χ1v) is 31.0. The third-order valence-electron chi connectivity index (χ3n) is 17.4. The highest BCUT2D eigenvalue weighted by atomic mass is 79.9. The van der Waals surface area contributed by atoms with Gasteiger partial charge in [-0.25, -0.2) is 14.4 Å². The maximum atomic E-state index is 11.8. The van der Waals surface area contributed by atoms with E-state index in [1.165, 1.54) is 96.8 Å². The maximum absolute atomic E-state index is 11.8. The zero-order valence-electron chi connectivity index (χ0n) is 49.5. The number of aromatic nitrogens is 3. The molecule has 3 fully saturated rings. The Kier molecular flexibility index (Phi) is 22.0. The van der Waals surface area contributed by atoms with Gasteiger partial charge in [-0.2, -0.15) is 0 Å². The highest BCUT2D eigenvalue weighted by Crippen LogP contribution is 2.39. The lowest BCUT2D eigenvalue weighted by atomic mass is 9.83. The minimum absolute atomic E-state index is 0.269. The maximum Gasteiger partial charge on any atom is 0.337 e. The second-order valence-electron chi connectivity index (χ2n) is 23.7. The minimum atomic E-state index is -0.884. The smallest absolute Gasteiger partial charge is 0.337 e. The fraction of sp³-hybridized carbons (Fsp3) is 0.471. The van der Waals surface area contributed by atoms with Crippen molar-refractivity contribution < 1.29 is 43.2 Å². The highest BCUT2D eigenvalue weighted by molar-refractivity contribution is 9.10. The van der Waals surface area contributed by atoms with Gasteiger partial charge in [-0.1, -0.05) is 59.3 Å². The second kappa shape index (κ2) is 30.0. The number of carboxylic acid groups (broad SMARTS) is 1. The van der Waals surface area contributed by atoms with Gasteiger partial charge in [0.15, 0.2) is 0 Å². The van der Waals surface area contributed by atoms with Crippen molar-refractivity contribution >= 4 is 62.3 Å². The fourth-order valence-electron chi connectivity index (χ4n) is 12.1. The number of ether oxygens (including phenoxy) is 5. The molecule has 12 rings (SSSR count). The van der Waals surface area contributed by atoms with Crippen LogP contribution in [0.3, 0.4) is 0 Å². The lowest BCUT2D eigenvalue weighted by molar-refractivity contribution is 0.0592. The molecule has 84 heavy (non-hydrogen) atoms. The highest BCUT2D eigenvalue weighted by Gasteiger charge is 2.26. The number of pyridine rings is 3. The monoisotopic (exact) mass is 1210 g/mol. The van der Waals surface area contributed by atoms with Crippen molar-refractivity contribution in [1.29, 1.82) is 0 Å². The van der Waals surface area contributed by atoms with Crippen LogP contribution in [0.5, 0.6) is 17.2 Å². The van der Waals surface area contributed by atoms with Gasteiger partial charge in [0.2, 0.25) is 0 Å². The van der Waals surface area contributed by atoms with Crippen molar-refractivity contribution in [3.8, 4) is 17.2 Å². The molecule has 3 saturated carbocycles. The van der Waals surface area contributed by atoms with Crippen LogP contribution in [0.25, 0.3) is 0 Å². The first-order valence-electron chi connectivity index (χ1n) is 30.3. The van der Waals surface area contributed by atoms with E-state index in [4.69, 9.17) is 18.9 Å². The van der Waals surface area contributed by atoms with Gasteiger partial charge in [0, 0.05) is 59.5 Å². The number of methoxy groups -OCH3 is 2. The van der Waals surface area contributed by atoms with E-state index in [-0.39, 0.29) is 11.9 Å². The van der Waals surface area contributed by atoms with Gasteiger partial charge in [-0.05, 0) is 187 Å². The topological polar surface area (TPSA) is 175 Å². The molecule has 3 aliphatic carbocycles. The van der Waals surface area contributed by atoms with Gasteiger partial charge in [0.05, 0.1) is 93.1 Å². The molecule has 0 spiro atoms. The molecular weight excluding hydrogens is 1120 g/mol. The minimum Gasteiger partial charge on any atom is -0.492 e. The summed E-state index contributed by atoms with van der Waals surface area (Å²) in [5.74, 6) is 5.70. The van der Waals surface area contributed by atoms with Crippen molar-refractivity contribution in [2.24, 2.45) is 35.5 Å². The van der Waals surface area contributed by atoms with Crippen LogP contribution in [-0.4, -0.2) is 91.6 Å². The fourth-order valence-corrected chi connectivity index (χ4v) is 12.5. The molecule has 0 bridgehead atoms. The van der Waals surface area contributed by atoms with E-state index in [0.29, 0.717) is 28.5 Å². The molecule has 0 atom stereocenters. The van der Waals surface area contributed by atoms with E-state index in [9.17, 15) is 19.5 Å². The van der Waals surface area contributed by atoms with Crippen molar-refractivity contribution in [3.05, 3.63) is 148 Å². The van der Waals surface area contributed by atoms with Gasteiger partial charge in [-0.3, -0.25) is 15.0 Å². The zero-order valence-corrected chi connectivity index (χ0v) is 51.1. The van der Waals surface area contributed by atoms with Gasteiger partial charge >= 0.3 is 17.9 Å². The Labute approximate surface area is 504 Å². The number of aromatic carboxylic acids is 1. The number of anilines is 5. The Morgan fingerprint density at radius 2 is 0.917 bits per heavy atom. The summed E-state index contributed by atoms with van der Waals surface area (Å²) in [6.45, 7) is 12.0. The van der Waals surface area contributed by atoms with E-state index in [1.54, 1.807) is 43.0 Å². The number of hydrogen-bond donors (Lipinski definition) is 2. The van der Waals surface area contributed by atoms with E-state index < -0.39 is 5.97 Å². The molecule has 446 valence electrons. The molecule has 15 nitrogen and oxygen atoms in total. The SMILES string of the molecule is CC1CCC(COc2cncc(Br)c2)CC1.CC1CCC(COc2cncc(N3CCc4cc(C(=O)O)ccc43)c2)CC1.COC(=O)c1ccc2c(c1)CCN2.COC(=O)c1ccc2c(c1)CCN2c1cncc(OCC2CCC(C)CC2)c1. The quantitative estimate of drug-likeness (QED) is 0.0985. The Bertz CT molecular complexity index is 3150. The summed E-state index contributed by atoms with van der Waals surface area (Å²) in [5.41, 5.74) is 10.3. The summed E-state index contributed by atoms with van der Waals surface area (Å²) >= 11 is 3.39. The van der Waals surface area contributed by atoms with Crippen LogP contribution in [0.2, 0.25) is 0 Å².